The Morgan fingerprint density at radius 3 is 1.50 bits per heavy atom. The number of hydrogen-bond donors (Lipinski definition) is 0. The molecule has 3 aromatic carbocycles. The molecule has 0 N–H and O–H groups in total. The van der Waals surface area contributed by atoms with Crippen LogP contribution in [0.5, 0.6) is 0 Å². The molecule has 1 aliphatic heterocycles. The van der Waals surface area contributed by atoms with Gasteiger partial charge in [0.05, 0.1) is 11.2 Å². The van der Waals surface area contributed by atoms with Gasteiger partial charge in [0.1, 0.15) is 0 Å². The van der Waals surface area contributed by atoms with E-state index in [9.17, 15) is 0 Å². The Kier molecular flexibility index (Phi) is 5.72. The van der Waals surface area contributed by atoms with E-state index in [0.717, 1.165) is 18.6 Å². The molecule has 4 rings (SSSR count). The average molecular weight is 399 g/mol. The fourth-order valence-corrected chi connectivity index (χ4v) is 3.67. The van der Waals surface area contributed by atoms with Gasteiger partial charge in [0.15, 0.2) is 0 Å². The fourth-order valence-electron chi connectivity index (χ4n) is 3.67. The SMILES string of the molecule is CC1(C)OB(c2ccc(N(Cc3ccccc3)Cc3ccccc3)cc2)OC1(C)C. The zero-order chi connectivity index (χ0) is 21.2. The standard InChI is InChI=1S/C26H30BNO2/c1-25(2)26(3,4)30-27(29-25)23-15-17-24(18-16-23)28(19-21-11-7-5-8-12-21)20-22-13-9-6-10-14-22/h5-18H,19-20H2,1-4H3. The average Bonchev–Trinajstić information content (AvgIpc) is 2.96. The van der Waals surface area contributed by atoms with E-state index < -0.39 is 0 Å². The Labute approximate surface area is 180 Å². The van der Waals surface area contributed by atoms with Crippen LogP contribution < -0.4 is 10.4 Å². The van der Waals surface area contributed by atoms with Crippen LogP contribution in [0.1, 0.15) is 38.8 Å². The molecule has 154 valence electrons. The Morgan fingerprint density at radius 2 is 1.07 bits per heavy atom. The number of hydrogen-bond acceptors (Lipinski definition) is 3. The predicted octanol–water partition coefficient (Wildman–Crippen LogP) is 5.19. The lowest BCUT2D eigenvalue weighted by molar-refractivity contribution is 0.00578. The molecule has 3 nitrogen and oxygen atoms in total. The number of benzene rings is 3. The monoisotopic (exact) mass is 399 g/mol. The van der Waals surface area contributed by atoms with Crippen LogP contribution in [-0.2, 0) is 22.4 Å². The van der Waals surface area contributed by atoms with Crippen LogP contribution in [0.4, 0.5) is 5.69 Å². The second-order valence-electron chi connectivity index (χ2n) is 9.01. The molecule has 0 atom stereocenters. The van der Waals surface area contributed by atoms with Gasteiger partial charge in [0.2, 0.25) is 0 Å². The lowest BCUT2D eigenvalue weighted by atomic mass is 9.79. The third kappa shape index (κ3) is 4.45. The minimum Gasteiger partial charge on any atom is -0.399 e. The third-order valence-electron chi connectivity index (χ3n) is 6.22. The van der Waals surface area contributed by atoms with Gasteiger partial charge in [-0.1, -0.05) is 72.8 Å². The molecule has 0 bridgehead atoms. The summed E-state index contributed by atoms with van der Waals surface area (Å²) in [6.45, 7) is 10.1. The van der Waals surface area contributed by atoms with Crippen molar-refractivity contribution < 1.29 is 9.31 Å². The summed E-state index contributed by atoms with van der Waals surface area (Å²) in [6, 6.07) is 29.8. The largest absolute Gasteiger partial charge is 0.494 e. The molecular formula is C26H30BNO2. The molecule has 0 unspecified atom stereocenters. The molecule has 0 saturated carbocycles. The van der Waals surface area contributed by atoms with E-state index in [1.54, 1.807) is 0 Å². The highest BCUT2D eigenvalue weighted by atomic mass is 16.7. The first-order chi connectivity index (χ1) is 14.3. The molecule has 3 aromatic rings. The van der Waals surface area contributed by atoms with Gasteiger partial charge in [-0.15, -0.1) is 0 Å². The third-order valence-corrected chi connectivity index (χ3v) is 6.22. The van der Waals surface area contributed by atoms with Gasteiger partial charge < -0.3 is 14.2 Å². The number of nitrogens with zero attached hydrogens (tertiary/aromatic N) is 1. The molecule has 30 heavy (non-hydrogen) atoms. The zero-order valence-electron chi connectivity index (χ0n) is 18.3. The second kappa shape index (κ2) is 8.29. The highest BCUT2D eigenvalue weighted by Gasteiger charge is 2.51. The van der Waals surface area contributed by atoms with Crippen LogP contribution in [-0.4, -0.2) is 18.3 Å². The molecule has 1 aliphatic rings. The second-order valence-corrected chi connectivity index (χ2v) is 9.01. The van der Waals surface area contributed by atoms with Gasteiger partial charge in [-0.25, -0.2) is 0 Å². The summed E-state index contributed by atoms with van der Waals surface area (Å²) in [4.78, 5) is 2.40. The van der Waals surface area contributed by atoms with E-state index in [1.807, 2.05) is 0 Å². The molecule has 0 aromatic heterocycles. The fraction of sp³-hybridized carbons (Fsp3) is 0.308. The maximum atomic E-state index is 6.21. The highest BCUT2D eigenvalue weighted by Crippen LogP contribution is 2.36. The number of rotatable bonds is 6. The van der Waals surface area contributed by atoms with Gasteiger partial charge in [0, 0.05) is 18.8 Å². The summed E-state index contributed by atoms with van der Waals surface area (Å²) in [5.74, 6) is 0. The summed E-state index contributed by atoms with van der Waals surface area (Å²) >= 11 is 0. The Bertz CT molecular complexity index is 898. The molecule has 0 spiro atoms. The summed E-state index contributed by atoms with van der Waals surface area (Å²) < 4.78 is 12.4. The van der Waals surface area contributed by atoms with E-state index in [1.165, 1.54) is 16.8 Å². The summed E-state index contributed by atoms with van der Waals surface area (Å²) in [5.41, 5.74) is 4.16. The van der Waals surface area contributed by atoms with Crippen LogP contribution in [0.2, 0.25) is 0 Å². The molecule has 4 heteroatoms. The highest BCUT2D eigenvalue weighted by molar-refractivity contribution is 6.62. The molecule has 0 aliphatic carbocycles. The summed E-state index contributed by atoms with van der Waals surface area (Å²) in [7, 11) is -0.333. The van der Waals surface area contributed by atoms with Crippen molar-refractivity contribution in [1.82, 2.24) is 0 Å². The van der Waals surface area contributed by atoms with Crippen LogP contribution in [0.3, 0.4) is 0 Å². The van der Waals surface area contributed by atoms with Crippen LogP contribution >= 0.6 is 0 Å². The molecular weight excluding hydrogens is 369 g/mol. The smallest absolute Gasteiger partial charge is 0.399 e. The Balaban J connectivity index is 1.56. The van der Waals surface area contributed by atoms with Crippen LogP contribution in [0, 0.1) is 0 Å². The summed E-state index contributed by atoms with van der Waals surface area (Å²) in [5, 5.41) is 0. The number of anilines is 1. The molecule has 0 amide bonds. The van der Waals surface area contributed by atoms with Gasteiger partial charge in [-0.2, -0.15) is 0 Å². The Hall–Kier alpha value is -2.56. The van der Waals surface area contributed by atoms with Gasteiger partial charge in [0.25, 0.3) is 0 Å². The van der Waals surface area contributed by atoms with E-state index in [4.69, 9.17) is 9.31 Å². The minimum atomic E-state index is -0.333. The van der Waals surface area contributed by atoms with Crippen molar-refractivity contribution in [3.8, 4) is 0 Å². The zero-order valence-corrected chi connectivity index (χ0v) is 18.3. The maximum Gasteiger partial charge on any atom is 0.494 e. The van der Waals surface area contributed by atoms with E-state index >= 15 is 0 Å². The molecule has 0 radical (unpaired) electrons. The lowest BCUT2D eigenvalue weighted by Crippen LogP contribution is -2.41. The van der Waals surface area contributed by atoms with Gasteiger partial charge in [-0.05, 0) is 56.4 Å². The molecule has 1 heterocycles. The Morgan fingerprint density at radius 1 is 0.633 bits per heavy atom. The van der Waals surface area contributed by atoms with Crippen molar-refractivity contribution in [2.45, 2.75) is 52.0 Å². The van der Waals surface area contributed by atoms with Crippen LogP contribution in [0.25, 0.3) is 0 Å². The van der Waals surface area contributed by atoms with E-state index in [2.05, 4.69) is 118 Å². The van der Waals surface area contributed by atoms with E-state index in [0.29, 0.717) is 0 Å². The van der Waals surface area contributed by atoms with Gasteiger partial charge >= 0.3 is 7.12 Å². The van der Waals surface area contributed by atoms with E-state index in [-0.39, 0.29) is 18.3 Å². The van der Waals surface area contributed by atoms with Gasteiger partial charge in [-0.3, -0.25) is 0 Å². The summed E-state index contributed by atoms with van der Waals surface area (Å²) in [6.07, 6.45) is 0. The predicted molar refractivity (Wildman–Crippen MR) is 125 cm³/mol. The van der Waals surface area contributed by atoms with Crippen LogP contribution in [0.15, 0.2) is 84.9 Å². The first-order valence-corrected chi connectivity index (χ1v) is 10.6. The van der Waals surface area contributed by atoms with Crippen molar-refractivity contribution in [2.75, 3.05) is 4.90 Å². The minimum absolute atomic E-state index is 0.330. The topological polar surface area (TPSA) is 21.7 Å². The van der Waals surface area contributed by atoms with Crippen molar-refractivity contribution >= 4 is 18.3 Å². The van der Waals surface area contributed by atoms with Crippen molar-refractivity contribution in [3.05, 3.63) is 96.1 Å². The van der Waals surface area contributed by atoms with Crippen molar-refractivity contribution in [3.63, 3.8) is 0 Å². The lowest BCUT2D eigenvalue weighted by Gasteiger charge is -2.32. The first kappa shape index (κ1) is 20.7. The first-order valence-electron chi connectivity index (χ1n) is 10.6. The quantitative estimate of drug-likeness (QED) is 0.533. The normalized spacial score (nSPS) is 17.1. The molecule has 1 fully saturated rings. The van der Waals surface area contributed by atoms with Crippen molar-refractivity contribution in [2.24, 2.45) is 0 Å². The maximum absolute atomic E-state index is 6.21. The molecule has 1 saturated heterocycles. The van der Waals surface area contributed by atoms with Crippen molar-refractivity contribution in [1.29, 1.82) is 0 Å².